The number of rotatable bonds is 8. The molecule has 0 aromatic heterocycles. The zero-order chi connectivity index (χ0) is 13.2. The highest BCUT2D eigenvalue weighted by atomic mass is 16.5. The van der Waals surface area contributed by atoms with Crippen molar-refractivity contribution in [1.82, 2.24) is 5.32 Å². The van der Waals surface area contributed by atoms with Crippen LogP contribution in [0.25, 0.3) is 0 Å². The third-order valence-corrected chi connectivity index (χ3v) is 2.66. The van der Waals surface area contributed by atoms with Gasteiger partial charge in [0.2, 0.25) is 0 Å². The molecule has 100 valence electrons. The summed E-state index contributed by atoms with van der Waals surface area (Å²) < 4.78 is 5.57. The van der Waals surface area contributed by atoms with Gasteiger partial charge in [-0.25, -0.2) is 0 Å². The molecule has 0 aliphatic rings. The van der Waals surface area contributed by atoms with Gasteiger partial charge >= 0.3 is 0 Å². The van der Waals surface area contributed by atoms with Crippen LogP contribution in [0.15, 0.2) is 24.3 Å². The van der Waals surface area contributed by atoms with E-state index in [-0.39, 0.29) is 5.91 Å². The smallest absolute Gasteiger partial charge is 0.255 e. The molecule has 3 heteroatoms. The summed E-state index contributed by atoms with van der Waals surface area (Å²) in [6, 6.07) is 7.40. The van der Waals surface area contributed by atoms with E-state index in [0.29, 0.717) is 17.9 Å². The number of carbonyl (C=O) groups is 1. The molecule has 3 nitrogen and oxygen atoms in total. The van der Waals surface area contributed by atoms with E-state index in [4.69, 9.17) is 4.74 Å². The number of hydrogen-bond donors (Lipinski definition) is 1. The fourth-order valence-electron chi connectivity index (χ4n) is 1.66. The van der Waals surface area contributed by atoms with E-state index in [9.17, 15) is 4.79 Å². The summed E-state index contributed by atoms with van der Waals surface area (Å²) in [6.45, 7) is 5.57. The molecular weight excluding hydrogens is 226 g/mol. The van der Waals surface area contributed by atoms with Gasteiger partial charge in [0, 0.05) is 6.54 Å². The number of carbonyl (C=O) groups excluding carboxylic acids is 1. The van der Waals surface area contributed by atoms with E-state index >= 15 is 0 Å². The minimum atomic E-state index is -0.0437. The lowest BCUT2D eigenvalue weighted by atomic mass is 10.2. The number of hydrogen-bond acceptors (Lipinski definition) is 2. The van der Waals surface area contributed by atoms with E-state index in [1.165, 1.54) is 0 Å². The van der Waals surface area contributed by atoms with Gasteiger partial charge in [0.15, 0.2) is 0 Å². The van der Waals surface area contributed by atoms with Gasteiger partial charge in [-0.15, -0.1) is 0 Å². The lowest BCUT2D eigenvalue weighted by Gasteiger charge is -2.10. The standard InChI is InChI=1S/C15H23NO2/c1-3-5-8-11-16-15(17)13-9-6-7-10-14(13)18-12-4-2/h6-7,9-10H,3-5,8,11-12H2,1-2H3,(H,16,17). The van der Waals surface area contributed by atoms with Crippen molar-refractivity contribution in [3.63, 3.8) is 0 Å². The van der Waals surface area contributed by atoms with Crippen LogP contribution in [0.1, 0.15) is 49.9 Å². The Morgan fingerprint density at radius 2 is 1.94 bits per heavy atom. The van der Waals surface area contributed by atoms with Crippen LogP contribution in [0.5, 0.6) is 5.75 Å². The predicted octanol–water partition coefficient (Wildman–Crippen LogP) is 3.40. The van der Waals surface area contributed by atoms with Crippen LogP contribution in [0.4, 0.5) is 0 Å². The van der Waals surface area contributed by atoms with Gasteiger partial charge in [-0.3, -0.25) is 4.79 Å². The quantitative estimate of drug-likeness (QED) is 0.717. The molecule has 0 atom stereocenters. The number of nitrogens with one attached hydrogen (secondary N) is 1. The van der Waals surface area contributed by atoms with Gasteiger partial charge in [0.25, 0.3) is 5.91 Å². The number of para-hydroxylation sites is 1. The molecule has 0 aliphatic heterocycles. The summed E-state index contributed by atoms with van der Waals surface area (Å²) in [6.07, 6.45) is 4.27. The Morgan fingerprint density at radius 3 is 2.67 bits per heavy atom. The highest BCUT2D eigenvalue weighted by molar-refractivity contribution is 5.96. The van der Waals surface area contributed by atoms with Crippen molar-refractivity contribution in [2.24, 2.45) is 0 Å². The minimum absolute atomic E-state index is 0.0437. The molecule has 1 aromatic carbocycles. The molecule has 0 aliphatic carbocycles. The molecule has 0 saturated heterocycles. The lowest BCUT2D eigenvalue weighted by molar-refractivity contribution is 0.0949. The van der Waals surface area contributed by atoms with Gasteiger partial charge in [-0.1, -0.05) is 38.8 Å². The number of ether oxygens (including phenoxy) is 1. The Bertz CT molecular complexity index is 363. The molecule has 0 unspecified atom stereocenters. The maximum atomic E-state index is 12.0. The van der Waals surface area contributed by atoms with Crippen molar-refractivity contribution in [2.45, 2.75) is 39.5 Å². The van der Waals surface area contributed by atoms with Gasteiger partial charge < -0.3 is 10.1 Å². The number of unbranched alkanes of at least 4 members (excludes halogenated alkanes) is 2. The van der Waals surface area contributed by atoms with Crippen LogP contribution in [-0.2, 0) is 0 Å². The summed E-state index contributed by atoms with van der Waals surface area (Å²) in [5.74, 6) is 0.630. The molecular formula is C15H23NO2. The normalized spacial score (nSPS) is 10.1. The fraction of sp³-hybridized carbons (Fsp3) is 0.533. The molecule has 0 fully saturated rings. The number of benzene rings is 1. The fourth-order valence-corrected chi connectivity index (χ4v) is 1.66. The third kappa shape index (κ3) is 4.78. The van der Waals surface area contributed by atoms with Crippen molar-refractivity contribution in [1.29, 1.82) is 0 Å². The molecule has 1 rings (SSSR count). The molecule has 0 spiro atoms. The van der Waals surface area contributed by atoms with Crippen molar-refractivity contribution < 1.29 is 9.53 Å². The first-order valence-corrected chi connectivity index (χ1v) is 6.79. The summed E-state index contributed by atoms with van der Waals surface area (Å²) in [5.41, 5.74) is 0.627. The Labute approximate surface area is 110 Å². The minimum Gasteiger partial charge on any atom is -0.493 e. The van der Waals surface area contributed by atoms with Crippen LogP contribution < -0.4 is 10.1 Å². The van der Waals surface area contributed by atoms with Crippen LogP contribution in [0.2, 0.25) is 0 Å². The molecule has 1 amide bonds. The van der Waals surface area contributed by atoms with E-state index < -0.39 is 0 Å². The van der Waals surface area contributed by atoms with E-state index in [1.54, 1.807) is 6.07 Å². The van der Waals surface area contributed by atoms with Crippen molar-refractivity contribution in [3.8, 4) is 5.75 Å². The van der Waals surface area contributed by atoms with Gasteiger partial charge in [0.1, 0.15) is 5.75 Å². The molecule has 0 saturated carbocycles. The van der Waals surface area contributed by atoms with E-state index in [2.05, 4.69) is 12.2 Å². The van der Waals surface area contributed by atoms with Crippen LogP contribution >= 0.6 is 0 Å². The molecule has 0 heterocycles. The topological polar surface area (TPSA) is 38.3 Å². The largest absolute Gasteiger partial charge is 0.493 e. The zero-order valence-electron chi connectivity index (χ0n) is 11.4. The SMILES string of the molecule is CCCCCNC(=O)c1ccccc1OCCC. The average molecular weight is 249 g/mol. The predicted molar refractivity (Wildman–Crippen MR) is 74.1 cm³/mol. The maximum absolute atomic E-state index is 12.0. The van der Waals surface area contributed by atoms with Gasteiger partial charge in [0.05, 0.1) is 12.2 Å². The average Bonchev–Trinajstić information content (AvgIpc) is 2.41. The third-order valence-electron chi connectivity index (χ3n) is 2.66. The monoisotopic (exact) mass is 249 g/mol. The highest BCUT2D eigenvalue weighted by Crippen LogP contribution is 2.17. The molecule has 1 N–H and O–H groups in total. The summed E-state index contributed by atoms with van der Waals surface area (Å²) in [5, 5.41) is 2.93. The van der Waals surface area contributed by atoms with E-state index in [0.717, 1.165) is 32.2 Å². The Morgan fingerprint density at radius 1 is 1.17 bits per heavy atom. The lowest BCUT2D eigenvalue weighted by Crippen LogP contribution is -2.25. The molecule has 18 heavy (non-hydrogen) atoms. The second-order valence-corrected chi connectivity index (χ2v) is 4.31. The van der Waals surface area contributed by atoms with Gasteiger partial charge in [-0.2, -0.15) is 0 Å². The van der Waals surface area contributed by atoms with Crippen LogP contribution in [-0.4, -0.2) is 19.1 Å². The summed E-state index contributed by atoms with van der Waals surface area (Å²) in [7, 11) is 0. The summed E-state index contributed by atoms with van der Waals surface area (Å²) in [4.78, 5) is 12.0. The van der Waals surface area contributed by atoms with Crippen LogP contribution in [0.3, 0.4) is 0 Å². The van der Waals surface area contributed by atoms with Gasteiger partial charge in [-0.05, 0) is 25.0 Å². The second kappa shape index (κ2) is 8.56. The van der Waals surface area contributed by atoms with Crippen LogP contribution in [0, 0.1) is 0 Å². The maximum Gasteiger partial charge on any atom is 0.255 e. The number of amides is 1. The second-order valence-electron chi connectivity index (χ2n) is 4.31. The first-order chi connectivity index (χ1) is 8.79. The highest BCUT2D eigenvalue weighted by Gasteiger charge is 2.10. The Balaban J connectivity index is 2.55. The Kier molecular flexibility index (Phi) is 6.92. The first-order valence-electron chi connectivity index (χ1n) is 6.79. The summed E-state index contributed by atoms with van der Waals surface area (Å²) >= 11 is 0. The van der Waals surface area contributed by atoms with Crippen molar-refractivity contribution in [3.05, 3.63) is 29.8 Å². The first kappa shape index (κ1) is 14.6. The molecule has 0 bridgehead atoms. The van der Waals surface area contributed by atoms with Crippen molar-refractivity contribution >= 4 is 5.91 Å². The van der Waals surface area contributed by atoms with E-state index in [1.807, 2.05) is 25.1 Å². The van der Waals surface area contributed by atoms with Crippen molar-refractivity contribution in [2.75, 3.05) is 13.2 Å². The molecule has 0 radical (unpaired) electrons. The molecule has 1 aromatic rings. The Hall–Kier alpha value is -1.51. The zero-order valence-corrected chi connectivity index (χ0v) is 11.4.